The maximum atomic E-state index is 5.30. The lowest BCUT2D eigenvalue weighted by Gasteiger charge is -2.11. The third-order valence-electron chi connectivity index (χ3n) is 3.45. The number of hydrogen-bond acceptors (Lipinski definition) is 3. The molecule has 0 saturated heterocycles. The summed E-state index contributed by atoms with van der Waals surface area (Å²) in [7, 11) is 1.65. The summed E-state index contributed by atoms with van der Waals surface area (Å²) >= 11 is 8.84. The van der Waals surface area contributed by atoms with Crippen molar-refractivity contribution in [2.75, 3.05) is 19.0 Å². The van der Waals surface area contributed by atoms with Crippen molar-refractivity contribution < 1.29 is 4.74 Å². The van der Waals surface area contributed by atoms with E-state index in [0.29, 0.717) is 5.11 Å². The van der Waals surface area contributed by atoms with Crippen molar-refractivity contribution >= 4 is 38.9 Å². The molecule has 5 nitrogen and oxygen atoms in total. The van der Waals surface area contributed by atoms with Gasteiger partial charge in [0.15, 0.2) is 5.11 Å². The Bertz CT molecular complexity index is 687. The minimum atomic E-state index is 0.604. The van der Waals surface area contributed by atoms with Crippen molar-refractivity contribution in [2.45, 2.75) is 26.8 Å². The van der Waals surface area contributed by atoms with Crippen LogP contribution < -0.4 is 15.4 Å². The smallest absolute Gasteiger partial charge is 0.170 e. The van der Waals surface area contributed by atoms with Gasteiger partial charge in [0.1, 0.15) is 5.75 Å². The van der Waals surface area contributed by atoms with Crippen molar-refractivity contribution in [1.29, 1.82) is 0 Å². The molecule has 0 aliphatic rings. The first-order valence-corrected chi connectivity index (χ1v) is 8.60. The summed E-state index contributed by atoms with van der Waals surface area (Å²) in [4.78, 5) is 0. The first kappa shape index (κ1) is 17.7. The SMILES string of the molecule is COc1cccc(NC(=S)NCCCn2nc(C)c(Br)c2C)c1. The number of aryl methyl sites for hydroxylation is 2. The molecule has 1 heterocycles. The molecule has 1 aromatic heterocycles. The molecule has 0 radical (unpaired) electrons. The standard InChI is InChI=1S/C16H21BrN4OS/c1-11-15(17)12(2)21(20-11)9-5-8-18-16(23)19-13-6-4-7-14(10-13)22-3/h4,6-7,10H,5,8-9H2,1-3H3,(H2,18,19,23). The summed E-state index contributed by atoms with van der Waals surface area (Å²) in [6.07, 6.45) is 0.939. The number of hydrogen-bond donors (Lipinski definition) is 2. The van der Waals surface area contributed by atoms with Gasteiger partial charge in [0.25, 0.3) is 0 Å². The number of anilines is 1. The van der Waals surface area contributed by atoms with Crippen LogP contribution >= 0.6 is 28.1 Å². The van der Waals surface area contributed by atoms with Crippen molar-refractivity contribution in [3.8, 4) is 5.75 Å². The molecule has 1 aromatic carbocycles. The number of benzene rings is 1. The van der Waals surface area contributed by atoms with Gasteiger partial charge < -0.3 is 15.4 Å². The van der Waals surface area contributed by atoms with Gasteiger partial charge in [-0.3, -0.25) is 4.68 Å². The van der Waals surface area contributed by atoms with Crippen LogP contribution in [0.15, 0.2) is 28.7 Å². The number of thiocarbonyl (C=S) groups is 1. The van der Waals surface area contributed by atoms with Gasteiger partial charge in [-0.1, -0.05) is 6.07 Å². The molecule has 7 heteroatoms. The van der Waals surface area contributed by atoms with E-state index in [1.807, 2.05) is 35.9 Å². The average Bonchev–Trinajstić information content (AvgIpc) is 2.79. The molecule has 0 saturated carbocycles. The Morgan fingerprint density at radius 2 is 2.17 bits per heavy atom. The van der Waals surface area contributed by atoms with Crippen LogP contribution in [0.5, 0.6) is 5.75 Å². The highest BCUT2D eigenvalue weighted by molar-refractivity contribution is 9.10. The molecule has 23 heavy (non-hydrogen) atoms. The molecule has 0 spiro atoms. The van der Waals surface area contributed by atoms with Crippen molar-refractivity contribution in [1.82, 2.24) is 15.1 Å². The number of nitrogens with one attached hydrogen (secondary N) is 2. The maximum absolute atomic E-state index is 5.30. The average molecular weight is 397 g/mol. The van der Waals surface area contributed by atoms with Gasteiger partial charge in [0, 0.05) is 30.5 Å². The second-order valence-electron chi connectivity index (χ2n) is 5.17. The van der Waals surface area contributed by atoms with Crippen LogP contribution in [0.25, 0.3) is 0 Å². The van der Waals surface area contributed by atoms with Gasteiger partial charge in [0.05, 0.1) is 17.3 Å². The van der Waals surface area contributed by atoms with Crippen LogP contribution in [0.1, 0.15) is 17.8 Å². The molecule has 0 fully saturated rings. The van der Waals surface area contributed by atoms with E-state index in [0.717, 1.165) is 46.8 Å². The highest BCUT2D eigenvalue weighted by Crippen LogP contribution is 2.19. The maximum Gasteiger partial charge on any atom is 0.170 e. The molecule has 2 aromatic rings. The van der Waals surface area contributed by atoms with E-state index in [9.17, 15) is 0 Å². The van der Waals surface area contributed by atoms with E-state index in [1.165, 1.54) is 0 Å². The van der Waals surface area contributed by atoms with Crippen molar-refractivity contribution in [2.24, 2.45) is 0 Å². The quantitative estimate of drug-likeness (QED) is 0.576. The first-order valence-electron chi connectivity index (χ1n) is 7.39. The Morgan fingerprint density at radius 1 is 1.39 bits per heavy atom. The van der Waals surface area contributed by atoms with Gasteiger partial charge in [-0.2, -0.15) is 5.10 Å². The Hall–Kier alpha value is -1.60. The molecule has 2 N–H and O–H groups in total. The van der Waals surface area contributed by atoms with Crippen LogP contribution in [0, 0.1) is 13.8 Å². The minimum absolute atomic E-state index is 0.604. The van der Waals surface area contributed by atoms with E-state index in [-0.39, 0.29) is 0 Å². The first-order chi connectivity index (χ1) is 11.0. The largest absolute Gasteiger partial charge is 0.497 e. The molecule has 124 valence electrons. The number of aromatic nitrogens is 2. The zero-order valence-corrected chi connectivity index (χ0v) is 15.9. The lowest BCUT2D eigenvalue weighted by atomic mass is 10.3. The summed E-state index contributed by atoms with van der Waals surface area (Å²) < 4.78 is 8.29. The topological polar surface area (TPSA) is 51.1 Å². The molecule has 2 rings (SSSR count). The third kappa shape index (κ3) is 4.94. The summed E-state index contributed by atoms with van der Waals surface area (Å²) in [6.45, 7) is 5.70. The zero-order chi connectivity index (χ0) is 16.8. The monoisotopic (exact) mass is 396 g/mol. The number of halogens is 1. The fourth-order valence-electron chi connectivity index (χ4n) is 2.20. The Kier molecular flexibility index (Phi) is 6.41. The number of methoxy groups -OCH3 is 1. The predicted octanol–water partition coefficient (Wildman–Crippen LogP) is 3.65. The normalized spacial score (nSPS) is 10.4. The molecule has 0 unspecified atom stereocenters. The summed E-state index contributed by atoms with van der Waals surface area (Å²) in [5.41, 5.74) is 3.08. The highest BCUT2D eigenvalue weighted by atomic mass is 79.9. The minimum Gasteiger partial charge on any atom is -0.497 e. The molecular weight excluding hydrogens is 376 g/mol. The Balaban J connectivity index is 1.75. The predicted molar refractivity (Wildman–Crippen MR) is 101 cm³/mol. The molecule has 0 aliphatic heterocycles. The zero-order valence-electron chi connectivity index (χ0n) is 13.5. The van der Waals surface area contributed by atoms with E-state index in [1.54, 1.807) is 7.11 Å². The molecular formula is C16H21BrN4OS. The number of nitrogens with zero attached hydrogens (tertiary/aromatic N) is 2. The summed E-state index contributed by atoms with van der Waals surface area (Å²) in [6, 6.07) is 7.67. The van der Waals surface area contributed by atoms with E-state index in [4.69, 9.17) is 17.0 Å². The fraction of sp³-hybridized carbons (Fsp3) is 0.375. The Labute approximate surface area is 150 Å². The second-order valence-corrected chi connectivity index (χ2v) is 6.38. The van der Waals surface area contributed by atoms with Crippen LogP contribution in [-0.4, -0.2) is 28.5 Å². The van der Waals surface area contributed by atoms with Crippen LogP contribution in [0.4, 0.5) is 5.69 Å². The molecule has 0 bridgehead atoms. The van der Waals surface area contributed by atoms with Gasteiger partial charge in [-0.25, -0.2) is 0 Å². The Morgan fingerprint density at radius 3 is 2.83 bits per heavy atom. The molecule has 0 atom stereocenters. The van der Waals surface area contributed by atoms with Crippen LogP contribution in [-0.2, 0) is 6.54 Å². The van der Waals surface area contributed by atoms with E-state index < -0.39 is 0 Å². The lowest BCUT2D eigenvalue weighted by Crippen LogP contribution is -2.29. The number of ether oxygens (including phenoxy) is 1. The van der Waals surface area contributed by atoms with Crippen molar-refractivity contribution in [3.05, 3.63) is 40.1 Å². The van der Waals surface area contributed by atoms with Gasteiger partial charge in [-0.15, -0.1) is 0 Å². The number of rotatable bonds is 6. The van der Waals surface area contributed by atoms with Crippen molar-refractivity contribution in [3.63, 3.8) is 0 Å². The van der Waals surface area contributed by atoms with Gasteiger partial charge in [-0.05, 0) is 60.5 Å². The van der Waals surface area contributed by atoms with E-state index >= 15 is 0 Å². The lowest BCUT2D eigenvalue weighted by molar-refractivity contribution is 0.415. The fourth-order valence-corrected chi connectivity index (χ4v) is 2.70. The third-order valence-corrected chi connectivity index (χ3v) is 4.85. The van der Waals surface area contributed by atoms with Crippen LogP contribution in [0.2, 0.25) is 0 Å². The molecule has 0 aliphatic carbocycles. The molecule has 0 amide bonds. The second kappa shape index (κ2) is 8.31. The summed E-state index contributed by atoms with van der Waals surface area (Å²) in [5, 5.41) is 11.5. The van der Waals surface area contributed by atoms with Gasteiger partial charge in [0.2, 0.25) is 0 Å². The highest BCUT2D eigenvalue weighted by Gasteiger charge is 2.07. The van der Waals surface area contributed by atoms with Gasteiger partial charge >= 0.3 is 0 Å². The summed E-state index contributed by atoms with van der Waals surface area (Å²) in [5.74, 6) is 0.799. The van der Waals surface area contributed by atoms with Crippen LogP contribution in [0.3, 0.4) is 0 Å². The van der Waals surface area contributed by atoms with E-state index in [2.05, 4.69) is 38.6 Å².